The molecule has 0 bridgehead atoms. The molecule has 4 nitrogen and oxygen atoms in total. The van der Waals surface area contributed by atoms with Gasteiger partial charge < -0.3 is 15.4 Å². The summed E-state index contributed by atoms with van der Waals surface area (Å²) in [5.74, 6) is 1.39. The monoisotopic (exact) mass is 302 g/mol. The molecule has 1 aromatic carbocycles. The van der Waals surface area contributed by atoms with Crippen molar-refractivity contribution < 1.29 is 9.53 Å². The Hall–Kier alpha value is -1.55. The Morgan fingerprint density at radius 1 is 1.32 bits per heavy atom. The second-order valence-electron chi connectivity index (χ2n) is 6.73. The predicted molar refractivity (Wildman–Crippen MR) is 87.1 cm³/mol. The number of aryl methyl sites for hydroxylation is 2. The second-order valence-corrected chi connectivity index (χ2v) is 6.73. The van der Waals surface area contributed by atoms with Crippen LogP contribution in [0.1, 0.15) is 30.4 Å². The summed E-state index contributed by atoms with van der Waals surface area (Å²) in [5, 5.41) is 6.41. The zero-order valence-corrected chi connectivity index (χ0v) is 13.6. The van der Waals surface area contributed by atoms with Crippen LogP contribution in [0.25, 0.3) is 0 Å². The van der Waals surface area contributed by atoms with Crippen molar-refractivity contribution in [3.05, 3.63) is 29.3 Å². The molecule has 1 aliphatic heterocycles. The molecule has 2 aliphatic rings. The highest BCUT2D eigenvalue weighted by molar-refractivity contribution is 5.82. The summed E-state index contributed by atoms with van der Waals surface area (Å²) in [6, 6.07) is 6.13. The third-order valence-corrected chi connectivity index (χ3v) is 5.16. The number of para-hydroxylation sites is 1. The first-order valence-corrected chi connectivity index (χ1v) is 8.30. The summed E-state index contributed by atoms with van der Waals surface area (Å²) in [7, 11) is 0. The number of ether oxygens (including phenoxy) is 1. The van der Waals surface area contributed by atoms with Gasteiger partial charge in [-0.2, -0.15) is 0 Å². The molecule has 0 aromatic heterocycles. The Morgan fingerprint density at radius 3 is 2.68 bits per heavy atom. The van der Waals surface area contributed by atoms with E-state index in [-0.39, 0.29) is 11.8 Å². The lowest BCUT2D eigenvalue weighted by atomic mass is 9.92. The Labute approximate surface area is 132 Å². The van der Waals surface area contributed by atoms with Gasteiger partial charge in [-0.05, 0) is 62.7 Å². The molecular formula is C18H26N2O2. The van der Waals surface area contributed by atoms with E-state index >= 15 is 0 Å². The largest absolute Gasteiger partial charge is 0.491 e. The fourth-order valence-electron chi connectivity index (χ4n) is 3.67. The van der Waals surface area contributed by atoms with E-state index < -0.39 is 0 Å². The van der Waals surface area contributed by atoms with Crippen LogP contribution in [0.5, 0.6) is 5.75 Å². The fraction of sp³-hybridized carbons (Fsp3) is 0.611. The highest BCUT2D eigenvalue weighted by atomic mass is 16.5. The van der Waals surface area contributed by atoms with Crippen molar-refractivity contribution in [1.82, 2.24) is 10.6 Å². The lowest BCUT2D eigenvalue weighted by Gasteiger charge is -2.23. The summed E-state index contributed by atoms with van der Waals surface area (Å²) in [4.78, 5) is 12.2. The van der Waals surface area contributed by atoms with Crippen molar-refractivity contribution in [2.45, 2.75) is 33.1 Å². The van der Waals surface area contributed by atoms with Gasteiger partial charge in [0.15, 0.2) is 0 Å². The molecule has 1 aliphatic carbocycles. The van der Waals surface area contributed by atoms with Gasteiger partial charge in [0.2, 0.25) is 5.91 Å². The van der Waals surface area contributed by atoms with Crippen LogP contribution in [0.4, 0.5) is 0 Å². The van der Waals surface area contributed by atoms with E-state index in [2.05, 4.69) is 10.6 Å². The maximum atomic E-state index is 12.2. The van der Waals surface area contributed by atoms with Crippen molar-refractivity contribution in [1.29, 1.82) is 0 Å². The van der Waals surface area contributed by atoms with Crippen molar-refractivity contribution >= 4 is 5.91 Å². The molecule has 1 heterocycles. The molecule has 0 radical (unpaired) electrons. The Balaban J connectivity index is 1.41. The van der Waals surface area contributed by atoms with E-state index in [9.17, 15) is 4.79 Å². The number of carbonyl (C=O) groups excluding carboxylic acids is 1. The van der Waals surface area contributed by atoms with Gasteiger partial charge in [0.25, 0.3) is 0 Å². The van der Waals surface area contributed by atoms with Crippen LogP contribution in [0.3, 0.4) is 0 Å². The Kier molecular flexibility index (Phi) is 4.39. The van der Waals surface area contributed by atoms with Gasteiger partial charge in [-0.25, -0.2) is 0 Å². The molecular weight excluding hydrogens is 276 g/mol. The molecule has 1 spiro atoms. The van der Waals surface area contributed by atoms with Gasteiger partial charge in [-0.1, -0.05) is 18.2 Å². The number of amides is 1. The quantitative estimate of drug-likeness (QED) is 0.820. The standard InChI is InChI=1S/C18H26N2O2/c1-13-4-3-5-14(2)16(13)22-11-10-20-17(21)15-12-18(15)6-8-19-9-7-18/h3-5,15,19H,6-12H2,1-2H3,(H,20,21). The van der Waals surface area contributed by atoms with Crippen LogP contribution in [-0.2, 0) is 4.79 Å². The molecule has 1 amide bonds. The number of benzene rings is 1. The average molecular weight is 302 g/mol. The minimum Gasteiger partial charge on any atom is -0.491 e. The molecule has 120 valence electrons. The van der Waals surface area contributed by atoms with E-state index in [1.54, 1.807) is 0 Å². The Bertz CT molecular complexity index is 530. The summed E-state index contributed by atoms with van der Waals surface area (Å²) in [5.41, 5.74) is 2.59. The Morgan fingerprint density at radius 2 is 2.00 bits per heavy atom. The number of carbonyl (C=O) groups is 1. The van der Waals surface area contributed by atoms with E-state index in [0.29, 0.717) is 18.6 Å². The minimum absolute atomic E-state index is 0.215. The molecule has 3 rings (SSSR count). The molecule has 2 N–H and O–H groups in total. The number of hydrogen-bond donors (Lipinski definition) is 2. The highest BCUT2D eigenvalue weighted by Gasteiger charge is 2.57. The summed E-state index contributed by atoms with van der Waals surface area (Å²) in [6.07, 6.45) is 3.35. The van der Waals surface area contributed by atoms with Crippen LogP contribution < -0.4 is 15.4 Å². The van der Waals surface area contributed by atoms with Gasteiger partial charge in [0, 0.05) is 5.92 Å². The summed E-state index contributed by atoms with van der Waals surface area (Å²) >= 11 is 0. The van der Waals surface area contributed by atoms with Crippen LogP contribution in [0.2, 0.25) is 0 Å². The van der Waals surface area contributed by atoms with Crippen molar-refractivity contribution in [3.63, 3.8) is 0 Å². The predicted octanol–water partition coefficient (Wildman–Crippen LogP) is 2.19. The molecule has 1 unspecified atom stereocenters. The lowest BCUT2D eigenvalue weighted by molar-refractivity contribution is -0.123. The molecule has 1 atom stereocenters. The maximum absolute atomic E-state index is 12.2. The average Bonchev–Trinajstić information content (AvgIpc) is 3.20. The maximum Gasteiger partial charge on any atom is 0.223 e. The van der Waals surface area contributed by atoms with E-state index in [1.807, 2.05) is 32.0 Å². The number of hydrogen-bond acceptors (Lipinski definition) is 3. The first-order valence-electron chi connectivity index (χ1n) is 8.30. The van der Waals surface area contributed by atoms with Crippen molar-refractivity contribution in [3.8, 4) is 5.75 Å². The van der Waals surface area contributed by atoms with Gasteiger partial charge in [0.1, 0.15) is 12.4 Å². The molecule has 1 saturated heterocycles. The first-order chi connectivity index (χ1) is 10.6. The normalized spacial score (nSPS) is 22.4. The van der Waals surface area contributed by atoms with Crippen molar-refractivity contribution in [2.75, 3.05) is 26.2 Å². The molecule has 22 heavy (non-hydrogen) atoms. The number of nitrogens with one attached hydrogen (secondary N) is 2. The SMILES string of the molecule is Cc1cccc(C)c1OCCNC(=O)C1CC12CCNCC2. The van der Waals surface area contributed by atoms with E-state index in [0.717, 1.165) is 49.2 Å². The van der Waals surface area contributed by atoms with E-state index in [4.69, 9.17) is 4.74 Å². The third kappa shape index (κ3) is 3.12. The smallest absolute Gasteiger partial charge is 0.223 e. The zero-order chi connectivity index (χ0) is 15.6. The molecule has 2 fully saturated rings. The zero-order valence-electron chi connectivity index (χ0n) is 13.6. The fourth-order valence-corrected chi connectivity index (χ4v) is 3.67. The van der Waals surface area contributed by atoms with Crippen LogP contribution >= 0.6 is 0 Å². The minimum atomic E-state index is 0.215. The second kappa shape index (κ2) is 6.29. The van der Waals surface area contributed by atoms with Gasteiger partial charge in [-0.3, -0.25) is 4.79 Å². The molecule has 1 saturated carbocycles. The lowest BCUT2D eigenvalue weighted by Crippen LogP contribution is -2.35. The molecule has 4 heteroatoms. The van der Waals surface area contributed by atoms with Crippen LogP contribution in [0, 0.1) is 25.2 Å². The first kappa shape index (κ1) is 15.3. The van der Waals surface area contributed by atoms with Gasteiger partial charge in [-0.15, -0.1) is 0 Å². The third-order valence-electron chi connectivity index (χ3n) is 5.16. The summed E-state index contributed by atoms with van der Waals surface area (Å²) < 4.78 is 5.83. The highest BCUT2D eigenvalue weighted by Crippen LogP contribution is 2.58. The van der Waals surface area contributed by atoms with Gasteiger partial charge >= 0.3 is 0 Å². The number of rotatable bonds is 5. The van der Waals surface area contributed by atoms with Crippen molar-refractivity contribution in [2.24, 2.45) is 11.3 Å². The van der Waals surface area contributed by atoms with Crippen LogP contribution in [0.15, 0.2) is 18.2 Å². The summed E-state index contributed by atoms with van der Waals surface area (Å²) in [6.45, 7) is 7.31. The van der Waals surface area contributed by atoms with Gasteiger partial charge in [0.05, 0.1) is 6.54 Å². The topological polar surface area (TPSA) is 50.4 Å². The van der Waals surface area contributed by atoms with Crippen LogP contribution in [-0.4, -0.2) is 32.1 Å². The molecule has 1 aromatic rings. The van der Waals surface area contributed by atoms with E-state index in [1.165, 1.54) is 0 Å². The number of piperidine rings is 1.